The number of ketones is 1. The zero-order chi connectivity index (χ0) is 33.1. The molecular weight excluding hydrogens is 622 g/mol. The Kier molecular flexibility index (Phi) is 10.3. The van der Waals surface area contributed by atoms with Crippen LogP contribution in [-0.4, -0.2) is 35.5 Å². The van der Waals surface area contributed by atoms with Crippen LogP contribution in [0.5, 0.6) is 5.75 Å². The molecule has 47 heavy (non-hydrogen) atoms. The largest absolute Gasteiger partial charge is 0.493 e. The van der Waals surface area contributed by atoms with Gasteiger partial charge in [-0.1, -0.05) is 79.4 Å². The molecule has 0 heterocycles. The third-order valence-electron chi connectivity index (χ3n) is 10.5. The first-order valence-electron chi connectivity index (χ1n) is 16.8. The molecule has 2 bridgehead atoms. The highest BCUT2D eigenvalue weighted by Gasteiger charge is 2.54. The van der Waals surface area contributed by atoms with Crippen molar-refractivity contribution in [2.75, 3.05) is 6.61 Å². The predicted octanol–water partition coefficient (Wildman–Crippen LogP) is 7.61. The molecule has 3 aromatic rings. The number of nitrogens with one attached hydrogen (secondary N) is 1. The van der Waals surface area contributed by atoms with Crippen molar-refractivity contribution in [3.8, 4) is 16.9 Å². The summed E-state index contributed by atoms with van der Waals surface area (Å²) in [7, 11) is 0. The molecule has 3 aromatic carbocycles. The number of benzene rings is 3. The lowest BCUT2D eigenvalue weighted by Crippen LogP contribution is -2.56. The van der Waals surface area contributed by atoms with Gasteiger partial charge in [-0.3, -0.25) is 9.59 Å². The molecule has 2 unspecified atom stereocenters. The van der Waals surface area contributed by atoms with E-state index in [1.807, 2.05) is 0 Å². The van der Waals surface area contributed by atoms with Crippen molar-refractivity contribution in [1.29, 1.82) is 0 Å². The summed E-state index contributed by atoms with van der Waals surface area (Å²) >= 11 is 6.00. The summed E-state index contributed by atoms with van der Waals surface area (Å²) in [6.07, 6.45) is 6.88. The minimum absolute atomic E-state index is 0.0676. The third-order valence-corrected chi connectivity index (χ3v) is 10.8. The van der Waals surface area contributed by atoms with Crippen molar-refractivity contribution in [1.82, 2.24) is 5.32 Å². The van der Waals surface area contributed by atoms with Crippen LogP contribution in [0.2, 0.25) is 5.02 Å². The third kappa shape index (κ3) is 7.55. The van der Waals surface area contributed by atoms with E-state index >= 15 is 8.78 Å². The Hall–Kier alpha value is -3.33. The van der Waals surface area contributed by atoms with Crippen molar-refractivity contribution < 1.29 is 28.2 Å². The molecule has 4 N–H and O–H groups in total. The maximum Gasteiger partial charge on any atom is 0.300 e. The lowest BCUT2D eigenvalue weighted by molar-refractivity contribution is -0.148. The lowest BCUT2D eigenvalue weighted by Gasteiger charge is -2.37. The fourth-order valence-corrected chi connectivity index (χ4v) is 8.08. The van der Waals surface area contributed by atoms with Crippen LogP contribution in [0.1, 0.15) is 75.0 Å². The molecular formula is C38H43ClF2N2O4. The van der Waals surface area contributed by atoms with Crippen molar-refractivity contribution in [2.45, 2.75) is 81.9 Å². The van der Waals surface area contributed by atoms with Crippen LogP contribution < -0.4 is 15.8 Å². The van der Waals surface area contributed by atoms with E-state index < -0.39 is 41.2 Å². The Morgan fingerprint density at radius 2 is 1.45 bits per heavy atom. The maximum absolute atomic E-state index is 16.5. The molecule has 3 aliphatic rings. The summed E-state index contributed by atoms with van der Waals surface area (Å²) in [5, 5.41) is 13.9. The molecule has 0 spiro atoms. The van der Waals surface area contributed by atoms with Crippen LogP contribution in [0.4, 0.5) is 8.78 Å². The Morgan fingerprint density at radius 1 is 0.872 bits per heavy atom. The smallest absolute Gasteiger partial charge is 0.300 e. The number of amides is 1. The minimum atomic E-state index is -3.75. The standard InChI is InChI=1S/C38H43ClF2N2O4/c39-30-16-10-25(11-17-30)24-8-14-29(15-9-24)38(40,41)36(35(45)33-27-6-7-28(33)21-31(42)20-27)43-37(46)34(44)26-12-18-32(19-13-26)47-22-23-4-2-1-3-5-23/h8-19,23,27-28,31,33-34,36,44H,1-7,20-22,42H2,(H,43,46)/t27?,28?,31?,33?,34-,36-/m0/s1. The van der Waals surface area contributed by atoms with Gasteiger partial charge < -0.3 is 20.9 Å². The molecule has 9 heteroatoms. The highest BCUT2D eigenvalue weighted by Crippen LogP contribution is 2.49. The quantitative estimate of drug-likeness (QED) is 0.196. The molecule has 0 aliphatic heterocycles. The Morgan fingerprint density at radius 3 is 2.04 bits per heavy atom. The van der Waals surface area contributed by atoms with Gasteiger partial charge in [0.05, 0.1) is 6.61 Å². The van der Waals surface area contributed by atoms with E-state index in [1.165, 1.54) is 31.4 Å². The van der Waals surface area contributed by atoms with E-state index in [0.717, 1.165) is 31.2 Å². The van der Waals surface area contributed by atoms with Gasteiger partial charge in [-0.25, -0.2) is 0 Å². The number of carbonyl (C=O) groups excluding carboxylic acids is 2. The lowest BCUT2D eigenvalue weighted by atomic mass is 9.72. The summed E-state index contributed by atoms with van der Waals surface area (Å²) in [6, 6.07) is 16.9. The number of aliphatic hydroxyl groups excluding tert-OH is 1. The normalized spacial score (nSPS) is 24.4. The van der Waals surface area contributed by atoms with Gasteiger partial charge in [0.15, 0.2) is 17.9 Å². The first-order valence-corrected chi connectivity index (χ1v) is 17.2. The highest BCUT2D eigenvalue weighted by molar-refractivity contribution is 6.30. The van der Waals surface area contributed by atoms with E-state index in [2.05, 4.69) is 5.32 Å². The molecule has 1 amide bonds. The second kappa shape index (κ2) is 14.4. The number of ether oxygens (including phenoxy) is 1. The SMILES string of the molecule is NC1CC2CCC(C1)C2C(=O)[C@H](NC(=O)[C@@H](O)c1ccc(OCC2CCCCC2)cc1)C(F)(F)c1ccc(-c2ccc(Cl)cc2)cc1. The van der Waals surface area contributed by atoms with Gasteiger partial charge in [0.2, 0.25) is 0 Å². The van der Waals surface area contributed by atoms with E-state index in [-0.39, 0.29) is 23.4 Å². The second-order valence-electron chi connectivity index (χ2n) is 13.7. The number of halogens is 3. The molecule has 6 nitrogen and oxygen atoms in total. The van der Waals surface area contributed by atoms with E-state index in [0.29, 0.717) is 41.7 Å². The molecule has 4 atom stereocenters. The summed E-state index contributed by atoms with van der Waals surface area (Å²) in [4.78, 5) is 27.5. The number of hydrogen-bond acceptors (Lipinski definition) is 5. The number of carbonyl (C=O) groups is 2. The summed E-state index contributed by atoms with van der Waals surface area (Å²) in [5.74, 6) is -5.23. The fourth-order valence-electron chi connectivity index (χ4n) is 7.95. The monoisotopic (exact) mass is 664 g/mol. The van der Waals surface area contributed by atoms with Gasteiger partial charge in [-0.05, 0) is 97.2 Å². The van der Waals surface area contributed by atoms with E-state index in [1.54, 1.807) is 60.7 Å². The molecule has 0 aromatic heterocycles. The molecule has 3 fully saturated rings. The first kappa shape index (κ1) is 33.6. The van der Waals surface area contributed by atoms with Crippen LogP contribution in [0.3, 0.4) is 0 Å². The first-order chi connectivity index (χ1) is 22.6. The summed E-state index contributed by atoms with van der Waals surface area (Å²) in [5.41, 5.74) is 7.54. The zero-order valence-electron chi connectivity index (χ0n) is 26.4. The number of nitrogens with two attached hydrogens (primary N) is 1. The number of rotatable bonds is 11. The minimum Gasteiger partial charge on any atom is -0.493 e. The Bertz CT molecular complexity index is 1510. The molecule has 3 aliphatic carbocycles. The zero-order valence-corrected chi connectivity index (χ0v) is 27.2. The summed E-state index contributed by atoms with van der Waals surface area (Å²) < 4.78 is 38.9. The average molecular weight is 665 g/mol. The van der Waals surface area contributed by atoms with Crippen LogP contribution in [0.25, 0.3) is 11.1 Å². The van der Waals surface area contributed by atoms with Gasteiger partial charge in [-0.15, -0.1) is 0 Å². The van der Waals surface area contributed by atoms with Crippen LogP contribution in [-0.2, 0) is 15.5 Å². The van der Waals surface area contributed by atoms with E-state index in [4.69, 9.17) is 22.1 Å². The molecule has 250 valence electrons. The number of alkyl halides is 2. The molecule has 6 rings (SSSR count). The van der Waals surface area contributed by atoms with Gasteiger partial charge in [0, 0.05) is 22.5 Å². The van der Waals surface area contributed by atoms with Crippen molar-refractivity contribution in [2.24, 2.45) is 29.4 Å². The number of fused-ring (bicyclic) bond motifs is 2. The van der Waals surface area contributed by atoms with Crippen molar-refractivity contribution in [3.63, 3.8) is 0 Å². The van der Waals surface area contributed by atoms with Crippen LogP contribution >= 0.6 is 11.6 Å². The highest BCUT2D eigenvalue weighted by atomic mass is 35.5. The van der Waals surface area contributed by atoms with Gasteiger partial charge >= 0.3 is 0 Å². The van der Waals surface area contributed by atoms with Gasteiger partial charge in [0.25, 0.3) is 11.8 Å². The van der Waals surface area contributed by atoms with Crippen LogP contribution in [0.15, 0.2) is 72.8 Å². The summed E-state index contributed by atoms with van der Waals surface area (Å²) in [6.45, 7) is 0.607. The number of Topliss-reactive ketones (excluding diaryl/α,β-unsaturated/α-hetero) is 1. The number of aliphatic hydroxyl groups is 1. The van der Waals surface area contributed by atoms with Gasteiger partial charge in [0.1, 0.15) is 5.75 Å². The van der Waals surface area contributed by atoms with E-state index in [9.17, 15) is 14.7 Å². The number of hydrogen-bond donors (Lipinski definition) is 3. The molecule has 0 radical (unpaired) electrons. The fraction of sp³-hybridized carbons (Fsp3) is 0.474. The second-order valence-corrected chi connectivity index (χ2v) is 14.1. The van der Waals surface area contributed by atoms with Gasteiger partial charge in [-0.2, -0.15) is 8.78 Å². The molecule has 3 saturated carbocycles. The Balaban J connectivity index is 1.21. The maximum atomic E-state index is 16.5. The Labute approximate surface area is 280 Å². The van der Waals surface area contributed by atoms with Crippen LogP contribution in [0, 0.1) is 23.7 Å². The average Bonchev–Trinajstić information content (AvgIpc) is 3.36. The topological polar surface area (TPSA) is 102 Å². The van der Waals surface area contributed by atoms with Crippen molar-refractivity contribution in [3.05, 3.63) is 88.9 Å². The molecule has 0 saturated heterocycles. The predicted molar refractivity (Wildman–Crippen MR) is 178 cm³/mol. The van der Waals surface area contributed by atoms with Crippen molar-refractivity contribution >= 4 is 23.3 Å².